The number of anilines is 1. The lowest BCUT2D eigenvalue weighted by Crippen LogP contribution is -2.57. The van der Waals surface area contributed by atoms with Crippen LogP contribution in [0.25, 0.3) is 0 Å². The number of urea groups is 1. The van der Waals surface area contributed by atoms with E-state index in [0.29, 0.717) is 22.9 Å². The molecule has 4 rings (SSSR count). The number of hydrogen-bond acceptors (Lipinski definition) is 6. The Morgan fingerprint density at radius 1 is 1.09 bits per heavy atom. The number of nitrogens with zero attached hydrogens (tertiary/aromatic N) is 3. The number of nitrogens with one attached hydrogen (secondary N) is 1. The van der Waals surface area contributed by atoms with Crippen LogP contribution in [0.3, 0.4) is 0 Å². The van der Waals surface area contributed by atoms with Gasteiger partial charge < -0.3 is 14.8 Å². The van der Waals surface area contributed by atoms with Gasteiger partial charge in [-0.15, -0.1) is 0 Å². The van der Waals surface area contributed by atoms with Crippen molar-refractivity contribution in [2.45, 2.75) is 12.6 Å². The number of rotatable bonds is 7. The minimum absolute atomic E-state index is 0.0509. The highest BCUT2D eigenvalue weighted by molar-refractivity contribution is 6.20. The second kappa shape index (κ2) is 9.47. The molecule has 0 fully saturated rings. The zero-order valence-electron chi connectivity index (χ0n) is 18.2. The fraction of sp³-hybridized carbons (Fsp3) is 0.208. The summed E-state index contributed by atoms with van der Waals surface area (Å²) >= 11 is 0. The van der Waals surface area contributed by atoms with Crippen LogP contribution in [0.5, 0.6) is 11.5 Å². The Bertz CT molecular complexity index is 1180. The SMILES string of the molecule is COc1ccc(CN2C(=O)C3N=CC=CC3=[N+](CC(=O)Nc3ccccc3OC)C2=O)cc1. The highest BCUT2D eigenvalue weighted by Gasteiger charge is 2.48. The first-order valence-electron chi connectivity index (χ1n) is 10.3. The average Bonchev–Trinajstić information content (AvgIpc) is 2.85. The Morgan fingerprint density at radius 3 is 2.58 bits per heavy atom. The summed E-state index contributed by atoms with van der Waals surface area (Å²) in [6.07, 6.45) is 4.78. The zero-order chi connectivity index (χ0) is 23.4. The summed E-state index contributed by atoms with van der Waals surface area (Å²) in [4.78, 5) is 44.6. The van der Waals surface area contributed by atoms with E-state index < -0.39 is 23.9 Å². The third-order valence-corrected chi connectivity index (χ3v) is 5.32. The van der Waals surface area contributed by atoms with Gasteiger partial charge in [-0.1, -0.05) is 24.3 Å². The monoisotopic (exact) mass is 447 g/mol. The first-order chi connectivity index (χ1) is 16.0. The molecule has 0 spiro atoms. The topological polar surface area (TPSA) is 100 Å². The number of dihydropyridines is 1. The standard InChI is InChI=1S/C24H22N4O5/c1-32-17-11-9-16(10-12-17)14-28-23(30)22-19(7-5-13-25-22)27(24(28)31)15-21(29)26-18-6-3-4-8-20(18)33-2/h3-13,22H,14-15H2,1-2H3/p+1. The van der Waals surface area contributed by atoms with Gasteiger partial charge in [0, 0.05) is 6.21 Å². The molecule has 9 nitrogen and oxygen atoms in total. The van der Waals surface area contributed by atoms with Crippen molar-refractivity contribution in [2.24, 2.45) is 4.99 Å². The van der Waals surface area contributed by atoms with E-state index in [1.807, 2.05) is 0 Å². The highest BCUT2D eigenvalue weighted by Crippen LogP contribution is 2.23. The number of carbonyl (C=O) groups excluding carboxylic acids is 3. The molecule has 0 saturated carbocycles. The van der Waals surface area contributed by atoms with E-state index in [1.165, 1.54) is 17.9 Å². The molecular weight excluding hydrogens is 424 g/mol. The molecule has 0 aromatic heterocycles. The number of methoxy groups -OCH3 is 2. The number of para-hydroxylation sites is 2. The van der Waals surface area contributed by atoms with Crippen molar-refractivity contribution in [3.05, 3.63) is 66.2 Å². The third-order valence-electron chi connectivity index (χ3n) is 5.32. The van der Waals surface area contributed by atoms with Gasteiger partial charge in [-0.3, -0.25) is 9.79 Å². The molecule has 9 heteroatoms. The molecule has 1 N–H and O–H groups in total. The number of imide groups is 1. The Morgan fingerprint density at radius 2 is 1.85 bits per heavy atom. The quantitative estimate of drug-likeness (QED) is 0.657. The molecule has 0 saturated heterocycles. The lowest BCUT2D eigenvalue weighted by molar-refractivity contribution is -0.427. The maximum absolute atomic E-state index is 13.3. The van der Waals surface area contributed by atoms with Gasteiger partial charge in [-0.25, -0.2) is 4.79 Å². The van der Waals surface area contributed by atoms with E-state index in [-0.39, 0.29) is 13.1 Å². The predicted octanol–water partition coefficient (Wildman–Crippen LogP) is 2.27. The number of ether oxygens (including phenoxy) is 2. The number of benzene rings is 2. The second-order valence-electron chi connectivity index (χ2n) is 7.37. The van der Waals surface area contributed by atoms with Crippen molar-refractivity contribution in [1.82, 2.24) is 4.90 Å². The molecule has 2 aliphatic rings. The number of amides is 4. The summed E-state index contributed by atoms with van der Waals surface area (Å²) in [5.74, 6) is 0.302. The molecule has 0 radical (unpaired) electrons. The first kappa shape index (κ1) is 21.9. The van der Waals surface area contributed by atoms with Crippen LogP contribution < -0.4 is 14.8 Å². The number of carbonyl (C=O) groups is 3. The summed E-state index contributed by atoms with van der Waals surface area (Å²) < 4.78 is 11.7. The van der Waals surface area contributed by atoms with Crippen LogP contribution in [-0.2, 0) is 16.1 Å². The molecule has 168 valence electrons. The van der Waals surface area contributed by atoms with E-state index in [1.54, 1.807) is 67.8 Å². The van der Waals surface area contributed by atoms with Gasteiger partial charge in [0.2, 0.25) is 6.04 Å². The molecule has 2 aromatic carbocycles. The summed E-state index contributed by atoms with van der Waals surface area (Å²) in [5, 5.41) is 2.76. The molecule has 0 aliphatic carbocycles. The van der Waals surface area contributed by atoms with Crippen molar-refractivity contribution >= 4 is 35.5 Å². The number of fused-ring (bicyclic) bond motifs is 1. The number of allylic oxidation sites excluding steroid dienone is 1. The molecule has 2 aromatic rings. The van der Waals surface area contributed by atoms with Crippen LogP contribution in [0.2, 0.25) is 0 Å². The molecule has 1 atom stereocenters. The Kier molecular flexibility index (Phi) is 6.30. The summed E-state index contributed by atoms with van der Waals surface area (Å²) in [5.41, 5.74) is 1.60. The van der Waals surface area contributed by atoms with Gasteiger partial charge in [0.05, 0.1) is 19.9 Å². The van der Waals surface area contributed by atoms with E-state index >= 15 is 0 Å². The van der Waals surface area contributed by atoms with Crippen LogP contribution in [0, 0.1) is 0 Å². The largest absolute Gasteiger partial charge is 0.501 e. The van der Waals surface area contributed by atoms with Gasteiger partial charge in [0.25, 0.3) is 5.91 Å². The molecule has 2 aliphatic heterocycles. The maximum atomic E-state index is 13.3. The van der Waals surface area contributed by atoms with Gasteiger partial charge >= 0.3 is 11.9 Å². The first-order valence-corrected chi connectivity index (χ1v) is 10.3. The minimum Gasteiger partial charge on any atom is -0.497 e. The van der Waals surface area contributed by atoms with Crippen molar-refractivity contribution < 1.29 is 28.4 Å². The van der Waals surface area contributed by atoms with Crippen molar-refractivity contribution in [3.63, 3.8) is 0 Å². The van der Waals surface area contributed by atoms with Crippen molar-refractivity contribution in [2.75, 3.05) is 26.1 Å². The smallest absolute Gasteiger partial charge is 0.497 e. The van der Waals surface area contributed by atoms with Crippen LogP contribution in [0.4, 0.5) is 10.5 Å². The van der Waals surface area contributed by atoms with Crippen LogP contribution in [0.15, 0.2) is 65.7 Å². The molecule has 0 bridgehead atoms. The van der Waals surface area contributed by atoms with Crippen molar-refractivity contribution in [3.8, 4) is 11.5 Å². The summed E-state index contributed by atoms with van der Waals surface area (Å²) in [6, 6.07) is 12.6. The molecular formula is C24H23N4O5+. The molecule has 1 unspecified atom stereocenters. The predicted molar refractivity (Wildman–Crippen MR) is 122 cm³/mol. The summed E-state index contributed by atoms with van der Waals surface area (Å²) in [7, 11) is 3.07. The Labute approximate surface area is 190 Å². The number of aliphatic imine (C=N–C) groups is 1. The zero-order valence-corrected chi connectivity index (χ0v) is 18.2. The van der Waals surface area contributed by atoms with Crippen LogP contribution >= 0.6 is 0 Å². The fourth-order valence-electron chi connectivity index (χ4n) is 3.67. The molecule has 4 amide bonds. The second-order valence-corrected chi connectivity index (χ2v) is 7.37. The van der Waals surface area contributed by atoms with E-state index in [4.69, 9.17) is 9.47 Å². The summed E-state index contributed by atoms with van der Waals surface area (Å²) in [6.45, 7) is -0.232. The third kappa shape index (κ3) is 4.52. The lowest BCUT2D eigenvalue weighted by Gasteiger charge is -2.26. The van der Waals surface area contributed by atoms with Gasteiger partial charge in [-0.2, -0.15) is 14.3 Å². The number of hydrogen-bond donors (Lipinski definition) is 1. The van der Waals surface area contributed by atoms with Crippen LogP contribution in [-0.4, -0.2) is 66.1 Å². The van der Waals surface area contributed by atoms with Gasteiger partial charge in [-0.05, 0) is 42.0 Å². The Balaban J connectivity index is 1.60. The average molecular weight is 447 g/mol. The fourth-order valence-corrected chi connectivity index (χ4v) is 3.67. The minimum atomic E-state index is -0.884. The Hall–Kier alpha value is -4.27. The van der Waals surface area contributed by atoms with E-state index in [0.717, 1.165) is 10.5 Å². The van der Waals surface area contributed by atoms with Gasteiger partial charge in [0.1, 0.15) is 23.8 Å². The highest BCUT2D eigenvalue weighted by atomic mass is 16.5. The van der Waals surface area contributed by atoms with E-state index in [2.05, 4.69) is 10.3 Å². The van der Waals surface area contributed by atoms with Gasteiger partial charge in [0.15, 0.2) is 6.54 Å². The normalized spacial score (nSPS) is 17.2. The molecule has 2 heterocycles. The maximum Gasteiger partial charge on any atom is 0.501 e. The van der Waals surface area contributed by atoms with E-state index in [9.17, 15) is 14.4 Å². The lowest BCUT2D eigenvalue weighted by atomic mass is 10.0. The molecule has 33 heavy (non-hydrogen) atoms. The van der Waals surface area contributed by atoms with Crippen molar-refractivity contribution in [1.29, 1.82) is 0 Å². The van der Waals surface area contributed by atoms with Crippen LogP contribution in [0.1, 0.15) is 5.56 Å².